The molecule has 0 aromatic heterocycles. The largest absolute Gasteiger partial charge is 0.493 e. The molecule has 2 aromatic carbocycles. The van der Waals surface area contributed by atoms with Gasteiger partial charge in [-0.15, -0.1) is 0 Å². The summed E-state index contributed by atoms with van der Waals surface area (Å²) in [6.07, 6.45) is 4.49. The molecule has 0 bridgehead atoms. The molecule has 29 heavy (non-hydrogen) atoms. The van der Waals surface area contributed by atoms with Crippen LogP contribution in [0.3, 0.4) is 0 Å². The van der Waals surface area contributed by atoms with Gasteiger partial charge in [-0.05, 0) is 61.7 Å². The summed E-state index contributed by atoms with van der Waals surface area (Å²) in [5.41, 5.74) is 2.32. The van der Waals surface area contributed by atoms with E-state index in [1.807, 2.05) is 24.0 Å². The molecule has 0 radical (unpaired) electrons. The van der Waals surface area contributed by atoms with Crippen LogP contribution in [0.25, 0.3) is 0 Å². The van der Waals surface area contributed by atoms with Crippen LogP contribution in [0.4, 0.5) is 5.69 Å². The first-order chi connectivity index (χ1) is 14.1. The average Bonchev–Trinajstić information content (AvgIpc) is 3.02. The molecule has 2 aromatic rings. The van der Waals surface area contributed by atoms with Gasteiger partial charge in [-0.25, -0.2) is 0 Å². The topological polar surface area (TPSA) is 67.9 Å². The number of methoxy groups -OCH3 is 1. The molecule has 154 valence electrons. The Bertz CT molecular complexity index is 840. The molecule has 0 unspecified atom stereocenters. The molecular weight excluding hydrogens is 368 g/mol. The number of rotatable bonds is 6. The van der Waals surface area contributed by atoms with Crippen LogP contribution in [0.15, 0.2) is 42.5 Å². The highest BCUT2D eigenvalue weighted by atomic mass is 16.5. The van der Waals surface area contributed by atoms with Crippen molar-refractivity contribution in [3.8, 4) is 11.5 Å². The van der Waals surface area contributed by atoms with Crippen molar-refractivity contribution < 1.29 is 19.1 Å². The van der Waals surface area contributed by atoms with Gasteiger partial charge in [-0.3, -0.25) is 9.59 Å². The second-order valence-corrected chi connectivity index (χ2v) is 7.27. The van der Waals surface area contributed by atoms with Gasteiger partial charge in [0.1, 0.15) is 0 Å². The lowest BCUT2D eigenvalue weighted by Gasteiger charge is -2.20. The van der Waals surface area contributed by atoms with Crippen LogP contribution in [-0.2, 0) is 4.79 Å². The molecule has 1 fully saturated rings. The van der Waals surface area contributed by atoms with Crippen LogP contribution in [0, 0.1) is 6.92 Å². The molecule has 0 saturated carbocycles. The number of amides is 2. The monoisotopic (exact) mass is 396 g/mol. The Hall–Kier alpha value is -3.02. The maximum Gasteiger partial charge on any atom is 0.262 e. The third-order valence-electron chi connectivity index (χ3n) is 4.99. The fourth-order valence-electron chi connectivity index (χ4n) is 3.39. The van der Waals surface area contributed by atoms with E-state index in [1.54, 1.807) is 37.4 Å². The van der Waals surface area contributed by atoms with Crippen LogP contribution in [0.2, 0.25) is 0 Å². The molecule has 0 atom stereocenters. The molecule has 6 heteroatoms. The third kappa shape index (κ3) is 5.73. The minimum absolute atomic E-state index is 0.0552. The molecule has 3 rings (SSSR count). The minimum Gasteiger partial charge on any atom is -0.493 e. The number of aryl methyl sites for hydroxylation is 1. The predicted octanol–water partition coefficient (Wildman–Crippen LogP) is 4.04. The first-order valence-corrected chi connectivity index (χ1v) is 10.0. The van der Waals surface area contributed by atoms with Crippen LogP contribution >= 0.6 is 0 Å². The molecule has 1 heterocycles. The molecule has 2 amide bonds. The fraction of sp³-hybridized carbons (Fsp3) is 0.391. The zero-order valence-corrected chi connectivity index (χ0v) is 17.1. The van der Waals surface area contributed by atoms with Gasteiger partial charge in [0.2, 0.25) is 0 Å². The van der Waals surface area contributed by atoms with Crippen molar-refractivity contribution in [1.82, 2.24) is 4.90 Å². The first-order valence-electron chi connectivity index (χ1n) is 10.0. The second kappa shape index (κ2) is 9.96. The van der Waals surface area contributed by atoms with Gasteiger partial charge in [0.05, 0.1) is 7.11 Å². The summed E-state index contributed by atoms with van der Waals surface area (Å²) in [6.45, 7) is 3.46. The van der Waals surface area contributed by atoms with Crippen molar-refractivity contribution >= 4 is 17.5 Å². The van der Waals surface area contributed by atoms with E-state index in [4.69, 9.17) is 9.47 Å². The van der Waals surface area contributed by atoms with Gasteiger partial charge in [-0.1, -0.05) is 18.9 Å². The number of likely N-dealkylation sites (tertiary alicyclic amines) is 1. The van der Waals surface area contributed by atoms with Crippen LogP contribution in [-0.4, -0.2) is 43.5 Å². The second-order valence-electron chi connectivity index (χ2n) is 7.27. The summed E-state index contributed by atoms with van der Waals surface area (Å²) in [5, 5.41) is 2.79. The normalized spacial score (nSPS) is 14.1. The van der Waals surface area contributed by atoms with Crippen LogP contribution in [0.1, 0.15) is 41.6 Å². The van der Waals surface area contributed by atoms with E-state index >= 15 is 0 Å². The molecule has 1 aliphatic rings. The van der Waals surface area contributed by atoms with E-state index in [1.165, 1.54) is 12.8 Å². The number of nitrogens with one attached hydrogen (secondary N) is 1. The molecule has 1 aliphatic heterocycles. The van der Waals surface area contributed by atoms with E-state index in [-0.39, 0.29) is 18.4 Å². The Morgan fingerprint density at radius 2 is 1.66 bits per heavy atom. The minimum atomic E-state index is -0.278. The SMILES string of the molecule is COc1cc(C)ccc1OCC(=O)Nc1ccc(C(=O)N2CCCCCC2)cc1. The van der Waals surface area contributed by atoms with E-state index in [0.717, 1.165) is 31.5 Å². The average molecular weight is 396 g/mol. The molecule has 0 spiro atoms. The molecule has 6 nitrogen and oxygen atoms in total. The highest BCUT2D eigenvalue weighted by Crippen LogP contribution is 2.27. The Kier molecular flexibility index (Phi) is 7.11. The van der Waals surface area contributed by atoms with Gasteiger partial charge >= 0.3 is 0 Å². The van der Waals surface area contributed by atoms with Crippen LogP contribution < -0.4 is 14.8 Å². The van der Waals surface area contributed by atoms with Gasteiger partial charge in [-0.2, -0.15) is 0 Å². The Balaban J connectivity index is 1.54. The number of carbonyl (C=O) groups excluding carboxylic acids is 2. The van der Waals surface area contributed by atoms with Crippen molar-refractivity contribution in [2.75, 3.05) is 32.1 Å². The summed E-state index contributed by atoms with van der Waals surface area (Å²) in [5.74, 6) is 0.889. The lowest BCUT2D eigenvalue weighted by molar-refractivity contribution is -0.118. The summed E-state index contributed by atoms with van der Waals surface area (Å²) < 4.78 is 10.8. The molecule has 1 N–H and O–H groups in total. The van der Waals surface area contributed by atoms with E-state index < -0.39 is 0 Å². The lowest BCUT2D eigenvalue weighted by Crippen LogP contribution is -2.31. The highest BCUT2D eigenvalue weighted by Gasteiger charge is 2.17. The zero-order valence-electron chi connectivity index (χ0n) is 17.1. The fourth-order valence-corrected chi connectivity index (χ4v) is 3.39. The standard InChI is InChI=1S/C23H28N2O4/c1-17-7-12-20(21(15-17)28-2)29-16-22(26)24-19-10-8-18(9-11-19)23(27)25-13-5-3-4-6-14-25/h7-12,15H,3-6,13-14,16H2,1-2H3,(H,24,26). The number of carbonyl (C=O) groups is 2. The van der Waals surface area contributed by atoms with Crippen molar-refractivity contribution in [3.05, 3.63) is 53.6 Å². The molecular formula is C23H28N2O4. The first kappa shape index (κ1) is 20.7. The highest BCUT2D eigenvalue weighted by molar-refractivity contribution is 5.96. The predicted molar refractivity (Wildman–Crippen MR) is 113 cm³/mol. The number of ether oxygens (including phenoxy) is 2. The number of hydrogen-bond donors (Lipinski definition) is 1. The van der Waals surface area contributed by atoms with E-state index in [0.29, 0.717) is 22.7 Å². The number of hydrogen-bond acceptors (Lipinski definition) is 4. The number of anilines is 1. The number of benzene rings is 2. The summed E-state index contributed by atoms with van der Waals surface area (Å²) in [6, 6.07) is 12.5. The third-order valence-corrected chi connectivity index (χ3v) is 4.99. The summed E-state index contributed by atoms with van der Waals surface area (Å²) >= 11 is 0. The van der Waals surface area contributed by atoms with E-state index in [9.17, 15) is 9.59 Å². The summed E-state index contributed by atoms with van der Waals surface area (Å²) in [7, 11) is 1.57. The van der Waals surface area contributed by atoms with E-state index in [2.05, 4.69) is 5.32 Å². The van der Waals surface area contributed by atoms with Gasteiger partial charge in [0.25, 0.3) is 11.8 Å². The quantitative estimate of drug-likeness (QED) is 0.800. The lowest BCUT2D eigenvalue weighted by atomic mass is 10.1. The smallest absolute Gasteiger partial charge is 0.262 e. The van der Waals surface area contributed by atoms with Gasteiger partial charge in [0.15, 0.2) is 18.1 Å². The van der Waals surface area contributed by atoms with Crippen molar-refractivity contribution in [2.45, 2.75) is 32.6 Å². The Morgan fingerprint density at radius 1 is 0.966 bits per heavy atom. The maximum absolute atomic E-state index is 12.6. The number of nitrogens with zero attached hydrogens (tertiary/aromatic N) is 1. The summed E-state index contributed by atoms with van der Waals surface area (Å²) in [4.78, 5) is 26.8. The van der Waals surface area contributed by atoms with Gasteiger partial charge in [0, 0.05) is 24.3 Å². The zero-order chi connectivity index (χ0) is 20.6. The Morgan fingerprint density at radius 3 is 2.31 bits per heavy atom. The molecule has 0 aliphatic carbocycles. The maximum atomic E-state index is 12.6. The van der Waals surface area contributed by atoms with Crippen molar-refractivity contribution in [1.29, 1.82) is 0 Å². The van der Waals surface area contributed by atoms with Crippen molar-refractivity contribution in [3.63, 3.8) is 0 Å². The Labute approximate surface area is 171 Å². The van der Waals surface area contributed by atoms with Crippen LogP contribution in [0.5, 0.6) is 11.5 Å². The molecule has 1 saturated heterocycles. The van der Waals surface area contributed by atoms with Gasteiger partial charge < -0.3 is 19.7 Å². The van der Waals surface area contributed by atoms with Crippen molar-refractivity contribution in [2.24, 2.45) is 0 Å².